The van der Waals surface area contributed by atoms with Crippen LogP contribution in [0.15, 0.2) is 79.0 Å². The summed E-state index contributed by atoms with van der Waals surface area (Å²) < 4.78 is 58.9. The Balaban J connectivity index is 1.16. The number of nitrogens with one attached hydrogen (secondary N) is 2. The van der Waals surface area contributed by atoms with Gasteiger partial charge in [0.05, 0.1) is 19.3 Å². The molecule has 9 nitrogen and oxygen atoms in total. The fourth-order valence-electron chi connectivity index (χ4n) is 5.61. The quantitative estimate of drug-likeness (QED) is 0.152. The molecule has 1 fully saturated rings. The molecule has 2 heterocycles. The van der Waals surface area contributed by atoms with Gasteiger partial charge in [0.1, 0.15) is 12.4 Å². The lowest BCUT2D eigenvalue weighted by Crippen LogP contribution is -2.45. The molecule has 0 spiro atoms. The molecule has 49 heavy (non-hydrogen) atoms. The van der Waals surface area contributed by atoms with Crippen LogP contribution >= 0.6 is 0 Å². The Hall–Kier alpha value is -4.81. The Morgan fingerprint density at radius 2 is 1.47 bits per heavy atom. The zero-order valence-corrected chi connectivity index (χ0v) is 28.0. The number of anilines is 2. The van der Waals surface area contributed by atoms with E-state index in [4.69, 9.17) is 14.2 Å². The van der Waals surface area contributed by atoms with E-state index in [0.717, 1.165) is 48.1 Å². The third-order valence-electron chi connectivity index (χ3n) is 8.31. The number of alkyl halides is 3. The summed E-state index contributed by atoms with van der Waals surface area (Å²) in [6, 6.07) is 20.0. The van der Waals surface area contributed by atoms with Gasteiger partial charge in [-0.15, -0.1) is 0 Å². The lowest BCUT2D eigenvalue weighted by Gasteiger charge is -2.34. The second-order valence-electron chi connectivity index (χ2n) is 11.7. The molecule has 12 heteroatoms. The first-order chi connectivity index (χ1) is 23.6. The predicted octanol–water partition coefficient (Wildman–Crippen LogP) is 7.46. The molecule has 260 valence electrons. The largest absolute Gasteiger partial charge is 0.497 e. The fourth-order valence-corrected chi connectivity index (χ4v) is 5.61. The van der Waals surface area contributed by atoms with Crippen LogP contribution in [0.3, 0.4) is 0 Å². The number of carbonyl (C=O) groups is 1. The van der Waals surface area contributed by atoms with Crippen LogP contribution in [0.4, 0.5) is 29.3 Å². The number of urea groups is 1. The Bertz CT molecular complexity index is 1680. The monoisotopic (exact) mass is 677 g/mol. The van der Waals surface area contributed by atoms with Crippen molar-refractivity contribution in [2.24, 2.45) is 0 Å². The molecule has 1 saturated heterocycles. The Morgan fingerprint density at radius 3 is 2.12 bits per heavy atom. The molecule has 4 aromatic rings. The number of pyridine rings is 1. The number of amides is 2. The number of piperazine rings is 1. The van der Waals surface area contributed by atoms with E-state index in [1.807, 2.05) is 54.3 Å². The number of hydrogen-bond acceptors (Lipinski definition) is 7. The average Bonchev–Trinajstić information content (AvgIpc) is 3.09. The molecule has 0 bridgehead atoms. The number of likely N-dealkylation sites (N-methyl/N-ethyl adjacent to an activating group) is 1. The van der Waals surface area contributed by atoms with Crippen LogP contribution in [-0.4, -0.2) is 67.3 Å². The summed E-state index contributed by atoms with van der Waals surface area (Å²) in [5, 5.41) is 5.24. The Labute approximate surface area is 285 Å². The minimum atomic E-state index is -4.55. The van der Waals surface area contributed by atoms with Gasteiger partial charge in [-0.2, -0.15) is 13.2 Å². The van der Waals surface area contributed by atoms with E-state index in [-0.39, 0.29) is 17.8 Å². The summed E-state index contributed by atoms with van der Waals surface area (Å²) in [5.41, 5.74) is 2.84. The SMILES string of the molecule is CCOc1cc(Cc2ccc(NC(=O)Nc3ccc(CN4CCN(CC)CC4)c(C(F)(F)F)c3)cc2)cnc1OCc1ccc(OC)cc1. The zero-order valence-electron chi connectivity index (χ0n) is 28.0. The number of carbonyl (C=O) groups excluding carboxylic acids is 1. The van der Waals surface area contributed by atoms with E-state index >= 15 is 0 Å². The summed E-state index contributed by atoms with van der Waals surface area (Å²) in [5.74, 6) is 1.71. The first-order valence-corrected chi connectivity index (χ1v) is 16.3. The lowest BCUT2D eigenvalue weighted by atomic mass is 10.0. The molecule has 1 aliphatic rings. The molecule has 1 aromatic heterocycles. The molecular formula is C37H42F3N5O4. The van der Waals surface area contributed by atoms with E-state index in [2.05, 4.69) is 27.4 Å². The molecule has 2 N–H and O–H groups in total. The van der Waals surface area contributed by atoms with Gasteiger partial charge >= 0.3 is 12.2 Å². The van der Waals surface area contributed by atoms with Crippen LogP contribution < -0.4 is 24.8 Å². The Kier molecular flexibility index (Phi) is 12.0. The molecule has 5 rings (SSSR count). The van der Waals surface area contributed by atoms with Gasteiger partial charge in [0.25, 0.3) is 5.88 Å². The summed E-state index contributed by atoms with van der Waals surface area (Å²) >= 11 is 0. The molecule has 0 saturated carbocycles. The maximum atomic E-state index is 14.0. The van der Waals surface area contributed by atoms with E-state index in [1.165, 1.54) is 12.1 Å². The summed E-state index contributed by atoms with van der Waals surface area (Å²) in [6.07, 6.45) is -2.26. The van der Waals surface area contributed by atoms with E-state index in [0.29, 0.717) is 50.0 Å². The van der Waals surface area contributed by atoms with Crippen molar-refractivity contribution in [1.82, 2.24) is 14.8 Å². The maximum absolute atomic E-state index is 14.0. The topological polar surface area (TPSA) is 88.2 Å². The minimum Gasteiger partial charge on any atom is -0.497 e. The van der Waals surface area contributed by atoms with Crippen LogP contribution in [0.5, 0.6) is 17.4 Å². The maximum Gasteiger partial charge on any atom is 0.416 e. The number of benzene rings is 3. The van der Waals surface area contributed by atoms with Gasteiger partial charge in [-0.3, -0.25) is 4.90 Å². The van der Waals surface area contributed by atoms with Crippen molar-refractivity contribution in [2.75, 3.05) is 57.1 Å². The third-order valence-corrected chi connectivity index (χ3v) is 8.31. The van der Waals surface area contributed by atoms with Gasteiger partial charge in [-0.05, 0) is 84.6 Å². The van der Waals surface area contributed by atoms with Gasteiger partial charge in [-0.25, -0.2) is 9.78 Å². The summed E-state index contributed by atoms with van der Waals surface area (Å²) in [6.45, 7) is 8.97. The number of rotatable bonds is 13. The standard InChI is InChI=1S/C37H42F3N5O4/c1-4-44-16-18-45(19-17-44)24-29-10-13-31(22-33(29)37(38,39)40)43-36(46)42-30-11-6-26(7-12-30)20-28-21-34(48-5-2)35(41-23-28)49-25-27-8-14-32(47-3)15-9-27/h6-15,21-23H,4-5,16-20,24-25H2,1-3H3,(H2,42,43,46). The van der Waals surface area contributed by atoms with Crippen LogP contribution in [0, 0.1) is 0 Å². The molecule has 1 aliphatic heterocycles. The number of ether oxygens (including phenoxy) is 3. The predicted molar refractivity (Wildman–Crippen MR) is 183 cm³/mol. The molecule has 0 unspecified atom stereocenters. The second-order valence-corrected chi connectivity index (χ2v) is 11.7. The molecule has 2 amide bonds. The van der Waals surface area contributed by atoms with Crippen LogP contribution in [0.1, 0.15) is 41.7 Å². The normalized spacial score (nSPS) is 13.9. The first kappa shape index (κ1) is 35.5. The van der Waals surface area contributed by atoms with Crippen molar-refractivity contribution >= 4 is 17.4 Å². The van der Waals surface area contributed by atoms with Crippen molar-refractivity contribution in [3.63, 3.8) is 0 Å². The lowest BCUT2D eigenvalue weighted by molar-refractivity contribution is -0.138. The van der Waals surface area contributed by atoms with Crippen molar-refractivity contribution in [3.8, 4) is 17.4 Å². The van der Waals surface area contributed by atoms with E-state index in [1.54, 1.807) is 25.4 Å². The van der Waals surface area contributed by atoms with Crippen molar-refractivity contribution in [3.05, 3.63) is 107 Å². The van der Waals surface area contributed by atoms with Gasteiger partial charge in [-0.1, -0.05) is 37.3 Å². The average molecular weight is 678 g/mol. The third kappa shape index (κ3) is 10.1. The van der Waals surface area contributed by atoms with Crippen LogP contribution in [0.25, 0.3) is 0 Å². The highest BCUT2D eigenvalue weighted by Gasteiger charge is 2.34. The van der Waals surface area contributed by atoms with Crippen LogP contribution in [0.2, 0.25) is 0 Å². The van der Waals surface area contributed by atoms with Crippen molar-refractivity contribution in [2.45, 2.75) is 39.6 Å². The highest BCUT2D eigenvalue weighted by atomic mass is 19.4. The number of aromatic nitrogens is 1. The Morgan fingerprint density at radius 1 is 0.816 bits per heavy atom. The molecule has 0 atom stereocenters. The molecule has 0 radical (unpaired) electrons. The van der Waals surface area contributed by atoms with Gasteiger partial charge < -0.3 is 29.7 Å². The van der Waals surface area contributed by atoms with Gasteiger partial charge in [0.15, 0.2) is 5.75 Å². The van der Waals surface area contributed by atoms with Crippen molar-refractivity contribution in [1.29, 1.82) is 0 Å². The highest BCUT2D eigenvalue weighted by Crippen LogP contribution is 2.35. The number of nitrogens with zero attached hydrogens (tertiary/aromatic N) is 3. The van der Waals surface area contributed by atoms with E-state index < -0.39 is 17.8 Å². The highest BCUT2D eigenvalue weighted by molar-refractivity contribution is 5.99. The molecule has 3 aromatic carbocycles. The molecular weight excluding hydrogens is 635 g/mol. The van der Waals surface area contributed by atoms with Gasteiger partial charge in [0, 0.05) is 50.3 Å². The summed E-state index contributed by atoms with van der Waals surface area (Å²) in [7, 11) is 1.62. The first-order valence-electron chi connectivity index (χ1n) is 16.3. The van der Waals surface area contributed by atoms with Crippen molar-refractivity contribution < 1.29 is 32.2 Å². The number of hydrogen-bond donors (Lipinski definition) is 2. The summed E-state index contributed by atoms with van der Waals surface area (Å²) in [4.78, 5) is 21.5. The number of halogens is 3. The number of methoxy groups -OCH3 is 1. The molecule has 0 aliphatic carbocycles. The van der Waals surface area contributed by atoms with Crippen LogP contribution in [-0.2, 0) is 25.7 Å². The van der Waals surface area contributed by atoms with Gasteiger partial charge in [0.2, 0.25) is 0 Å². The second kappa shape index (κ2) is 16.5. The minimum absolute atomic E-state index is 0.0648. The fraction of sp³-hybridized carbons (Fsp3) is 0.351. The van der Waals surface area contributed by atoms with E-state index in [9.17, 15) is 18.0 Å². The zero-order chi connectivity index (χ0) is 34.8. The smallest absolute Gasteiger partial charge is 0.416 e.